The maximum Gasteiger partial charge on any atom is 0.212 e. The normalized spacial score (nSPS) is 12.7. The Balaban J connectivity index is 1.54. The molecule has 2 heterocycles. The number of pyridine rings is 1. The molecule has 7 aromatic rings. The molecule has 0 aliphatic carbocycles. The standard InChI is InChI=1S/C40H41N2Si/c1-26-28-15-9-10-16-29(28)34(40(2,3)4)24-32(26)38-25-39(43(6,7)8)33-23-27(21-22-35(33)41(38)5)42-36-19-13-11-17-30(36)31-18-12-14-20-37(31)42/h9-25H,1-8H3/q+1. The highest BCUT2D eigenvalue weighted by atomic mass is 28.3. The second kappa shape index (κ2) is 9.65. The molecule has 0 N–H and O–H groups in total. The van der Waals surface area contributed by atoms with Crippen molar-refractivity contribution in [1.29, 1.82) is 0 Å². The zero-order valence-electron chi connectivity index (χ0n) is 26.7. The average Bonchev–Trinajstić information content (AvgIpc) is 3.31. The van der Waals surface area contributed by atoms with Crippen LogP contribution >= 0.6 is 0 Å². The molecule has 0 aliphatic heterocycles. The van der Waals surface area contributed by atoms with Gasteiger partial charge in [0.2, 0.25) is 11.2 Å². The number of fused-ring (bicyclic) bond motifs is 5. The van der Waals surface area contributed by atoms with Crippen LogP contribution in [0, 0.1) is 6.92 Å². The van der Waals surface area contributed by atoms with Gasteiger partial charge in [-0.3, -0.25) is 0 Å². The van der Waals surface area contributed by atoms with Gasteiger partial charge in [0.15, 0.2) is 0 Å². The third-order valence-corrected chi connectivity index (χ3v) is 11.3. The molecule has 214 valence electrons. The van der Waals surface area contributed by atoms with Crippen molar-refractivity contribution in [3.63, 3.8) is 0 Å². The number of aryl methyl sites for hydroxylation is 2. The third-order valence-electron chi connectivity index (χ3n) is 9.32. The van der Waals surface area contributed by atoms with Crippen LogP contribution in [-0.2, 0) is 12.5 Å². The number of para-hydroxylation sites is 2. The van der Waals surface area contributed by atoms with Gasteiger partial charge in [-0.25, -0.2) is 0 Å². The van der Waals surface area contributed by atoms with Crippen LogP contribution in [0.5, 0.6) is 0 Å². The van der Waals surface area contributed by atoms with Gasteiger partial charge >= 0.3 is 0 Å². The first kappa shape index (κ1) is 27.6. The summed E-state index contributed by atoms with van der Waals surface area (Å²) in [5.41, 5.74) is 10.4. The Hall–Kier alpha value is -4.21. The van der Waals surface area contributed by atoms with Crippen molar-refractivity contribution in [2.45, 2.75) is 52.8 Å². The Morgan fingerprint density at radius 1 is 0.628 bits per heavy atom. The van der Waals surface area contributed by atoms with E-state index in [9.17, 15) is 0 Å². The van der Waals surface area contributed by atoms with Gasteiger partial charge in [-0.2, -0.15) is 4.57 Å². The van der Waals surface area contributed by atoms with E-state index in [2.05, 4.69) is 167 Å². The molecule has 0 saturated carbocycles. The van der Waals surface area contributed by atoms with Gasteiger partial charge in [0.05, 0.1) is 19.1 Å². The predicted octanol–water partition coefficient (Wildman–Crippen LogP) is 9.73. The molecule has 0 unspecified atom stereocenters. The quantitative estimate of drug-likeness (QED) is 0.146. The molecule has 0 fully saturated rings. The van der Waals surface area contributed by atoms with E-state index in [4.69, 9.17) is 0 Å². The molecule has 0 aliphatic rings. The third kappa shape index (κ3) is 4.32. The maximum absolute atomic E-state index is 2.52. The molecule has 0 spiro atoms. The molecule has 0 amide bonds. The Morgan fingerprint density at radius 2 is 1.19 bits per heavy atom. The molecular weight excluding hydrogens is 537 g/mol. The zero-order chi connectivity index (χ0) is 30.3. The molecule has 7 rings (SSSR count). The lowest BCUT2D eigenvalue weighted by molar-refractivity contribution is -0.633. The molecule has 0 radical (unpaired) electrons. The fraction of sp³-hybridized carbons (Fsp3) is 0.225. The molecule has 5 aromatic carbocycles. The summed E-state index contributed by atoms with van der Waals surface area (Å²) in [6.45, 7) is 16.7. The summed E-state index contributed by atoms with van der Waals surface area (Å²) in [5, 5.41) is 8.17. The highest BCUT2D eigenvalue weighted by Crippen LogP contribution is 2.38. The first-order chi connectivity index (χ1) is 20.4. The van der Waals surface area contributed by atoms with Crippen molar-refractivity contribution in [3.05, 3.63) is 114 Å². The van der Waals surface area contributed by atoms with Crippen LogP contribution in [0.15, 0.2) is 103 Å². The lowest BCUT2D eigenvalue weighted by atomic mass is 9.80. The summed E-state index contributed by atoms with van der Waals surface area (Å²) in [6, 6.07) is 38.6. The number of hydrogen-bond donors (Lipinski definition) is 0. The van der Waals surface area contributed by atoms with Crippen LogP contribution in [0.25, 0.3) is 60.4 Å². The highest BCUT2D eigenvalue weighted by molar-refractivity contribution is 6.90. The van der Waals surface area contributed by atoms with Crippen molar-refractivity contribution in [2.24, 2.45) is 7.05 Å². The number of hydrogen-bond acceptors (Lipinski definition) is 0. The largest absolute Gasteiger partial charge is 0.309 e. The zero-order valence-corrected chi connectivity index (χ0v) is 27.7. The van der Waals surface area contributed by atoms with Gasteiger partial charge in [-0.15, -0.1) is 0 Å². The predicted molar refractivity (Wildman–Crippen MR) is 189 cm³/mol. The van der Waals surface area contributed by atoms with Crippen LogP contribution < -0.4 is 9.75 Å². The van der Waals surface area contributed by atoms with E-state index >= 15 is 0 Å². The van der Waals surface area contributed by atoms with E-state index in [-0.39, 0.29) is 5.41 Å². The number of nitrogens with zero attached hydrogens (tertiary/aromatic N) is 2. The summed E-state index contributed by atoms with van der Waals surface area (Å²) in [7, 11) is 0.503. The second-order valence-corrected chi connectivity index (χ2v) is 19.3. The Morgan fingerprint density at radius 3 is 1.77 bits per heavy atom. The van der Waals surface area contributed by atoms with Gasteiger partial charge in [-0.05, 0) is 69.8 Å². The summed E-state index contributed by atoms with van der Waals surface area (Å²) in [5.74, 6) is 0. The van der Waals surface area contributed by atoms with Crippen molar-refractivity contribution in [2.75, 3.05) is 0 Å². The monoisotopic (exact) mass is 577 g/mol. The minimum Gasteiger partial charge on any atom is -0.309 e. The van der Waals surface area contributed by atoms with Gasteiger partial charge in [0, 0.05) is 39.5 Å². The van der Waals surface area contributed by atoms with E-state index in [1.807, 2.05) is 0 Å². The van der Waals surface area contributed by atoms with E-state index in [1.54, 1.807) is 0 Å². The lowest BCUT2D eigenvalue weighted by Crippen LogP contribution is -2.43. The maximum atomic E-state index is 2.52. The molecule has 3 heteroatoms. The van der Waals surface area contributed by atoms with Crippen molar-refractivity contribution in [1.82, 2.24) is 4.57 Å². The number of aromatic nitrogens is 2. The van der Waals surface area contributed by atoms with E-state index in [1.165, 1.54) is 76.7 Å². The summed E-state index contributed by atoms with van der Waals surface area (Å²) in [4.78, 5) is 0. The molecular formula is C40H41N2Si+. The summed E-state index contributed by atoms with van der Waals surface area (Å²) >= 11 is 0. The molecule has 2 aromatic heterocycles. The minimum absolute atomic E-state index is 0.0380. The van der Waals surface area contributed by atoms with E-state index in [0.717, 1.165) is 0 Å². The van der Waals surface area contributed by atoms with Crippen LogP contribution in [0.2, 0.25) is 19.6 Å². The molecule has 43 heavy (non-hydrogen) atoms. The van der Waals surface area contributed by atoms with E-state index < -0.39 is 8.07 Å². The minimum atomic E-state index is -1.74. The smallest absolute Gasteiger partial charge is 0.212 e. The highest BCUT2D eigenvalue weighted by Gasteiger charge is 2.29. The molecule has 0 atom stereocenters. The first-order valence-corrected chi connectivity index (χ1v) is 18.9. The van der Waals surface area contributed by atoms with Crippen LogP contribution in [0.4, 0.5) is 0 Å². The van der Waals surface area contributed by atoms with Crippen molar-refractivity contribution < 1.29 is 4.57 Å². The summed E-state index contributed by atoms with van der Waals surface area (Å²) < 4.78 is 4.87. The lowest BCUT2D eigenvalue weighted by Gasteiger charge is -2.25. The van der Waals surface area contributed by atoms with Crippen molar-refractivity contribution >= 4 is 56.7 Å². The molecule has 2 nitrogen and oxygen atoms in total. The van der Waals surface area contributed by atoms with Crippen LogP contribution in [0.3, 0.4) is 0 Å². The Bertz CT molecular complexity index is 2170. The Kier molecular flexibility index (Phi) is 6.20. The SMILES string of the molecule is Cc1c(-c2cc([Si](C)(C)C)c3cc(-n4c5ccccc5c5ccccc54)ccc3[n+]2C)cc(C(C)(C)C)c2ccccc12. The van der Waals surface area contributed by atoms with Gasteiger partial charge in [0.1, 0.15) is 7.05 Å². The van der Waals surface area contributed by atoms with Gasteiger partial charge < -0.3 is 4.57 Å². The second-order valence-electron chi connectivity index (χ2n) is 14.2. The summed E-state index contributed by atoms with van der Waals surface area (Å²) in [6.07, 6.45) is 0. The first-order valence-electron chi connectivity index (χ1n) is 15.4. The molecule has 0 saturated heterocycles. The topological polar surface area (TPSA) is 8.81 Å². The van der Waals surface area contributed by atoms with Crippen LogP contribution in [-0.4, -0.2) is 12.6 Å². The van der Waals surface area contributed by atoms with Crippen LogP contribution in [0.1, 0.15) is 31.9 Å². The fourth-order valence-corrected chi connectivity index (χ4v) is 8.68. The number of rotatable bonds is 3. The molecule has 0 bridgehead atoms. The van der Waals surface area contributed by atoms with Crippen molar-refractivity contribution in [3.8, 4) is 16.9 Å². The van der Waals surface area contributed by atoms with E-state index in [0.29, 0.717) is 0 Å². The van der Waals surface area contributed by atoms with Gasteiger partial charge in [0.25, 0.3) is 0 Å². The fourth-order valence-electron chi connectivity index (χ4n) is 7.10. The van der Waals surface area contributed by atoms with Gasteiger partial charge in [-0.1, -0.05) is 101 Å². The average molecular weight is 578 g/mol. The number of benzene rings is 5. The Labute approximate surface area is 256 Å².